The summed E-state index contributed by atoms with van der Waals surface area (Å²) in [7, 11) is 0. The zero-order chi connectivity index (χ0) is 10.8. The molecule has 14 heavy (non-hydrogen) atoms. The van der Waals surface area contributed by atoms with Crippen LogP contribution in [0.1, 0.15) is 5.69 Å². The zero-order valence-corrected chi connectivity index (χ0v) is 7.04. The van der Waals surface area contributed by atoms with Gasteiger partial charge in [0.15, 0.2) is 0 Å². The minimum Gasteiger partial charge on any atom is -0.358 e. The highest BCUT2D eigenvalue weighted by atomic mass is 19.3. The number of nitrogens with zero attached hydrogens (tertiary/aromatic N) is 2. The third kappa shape index (κ3) is 2.46. The quantitative estimate of drug-likeness (QED) is 0.552. The third-order valence-corrected chi connectivity index (χ3v) is 1.55. The number of nitrogens with two attached hydrogens (primary N) is 1. The van der Waals surface area contributed by atoms with E-state index in [1.54, 1.807) is 0 Å². The van der Waals surface area contributed by atoms with Crippen molar-refractivity contribution in [3.05, 3.63) is 21.9 Å². The van der Waals surface area contributed by atoms with Crippen LogP contribution in [0.25, 0.3) is 0 Å². The molecule has 6 nitrogen and oxygen atoms in total. The summed E-state index contributed by atoms with van der Waals surface area (Å²) in [6, 6.07) is 0.962. The maximum absolute atomic E-state index is 12.7. The van der Waals surface area contributed by atoms with E-state index < -0.39 is 29.6 Å². The van der Waals surface area contributed by atoms with E-state index in [1.807, 2.05) is 5.10 Å². The van der Waals surface area contributed by atoms with E-state index in [2.05, 4.69) is 5.10 Å². The van der Waals surface area contributed by atoms with E-state index in [0.717, 1.165) is 6.07 Å². The van der Waals surface area contributed by atoms with Crippen molar-refractivity contribution in [2.75, 3.05) is 6.54 Å². The molecule has 0 atom stereocenters. The normalized spacial score (nSPS) is 11.6. The Morgan fingerprint density at radius 3 is 2.79 bits per heavy atom. The molecular formula is C6H8F2N4O2. The van der Waals surface area contributed by atoms with Gasteiger partial charge in [0.2, 0.25) is 0 Å². The first-order valence-electron chi connectivity index (χ1n) is 3.71. The van der Waals surface area contributed by atoms with Crippen LogP contribution in [-0.4, -0.2) is 27.6 Å². The molecule has 0 aliphatic rings. The summed E-state index contributed by atoms with van der Waals surface area (Å²) in [5.74, 6) is -3.49. The van der Waals surface area contributed by atoms with E-state index in [1.165, 1.54) is 0 Å². The number of rotatable bonds is 4. The summed E-state index contributed by atoms with van der Waals surface area (Å²) in [4.78, 5) is 9.43. The Hall–Kier alpha value is -1.57. The lowest BCUT2D eigenvalue weighted by Crippen LogP contribution is -2.30. The van der Waals surface area contributed by atoms with Crippen LogP contribution in [0.15, 0.2) is 6.07 Å². The molecule has 0 aromatic carbocycles. The van der Waals surface area contributed by atoms with Gasteiger partial charge in [0.1, 0.15) is 0 Å². The topological polar surface area (TPSA) is 97.8 Å². The average Bonchev–Trinajstić information content (AvgIpc) is 2.52. The number of H-pyrrole nitrogens is 1. The second-order valence-corrected chi connectivity index (χ2v) is 2.74. The van der Waals surface area contributed by atoms with Crippen LogP contribution in [0.5, 0.6) is 0 Å². The van der Waals surface area contributed by atoms with Crippen LogP contribution in [0.4, 0.5) is 14.6 Å². The molecule has 0 saturated heterocycles. The average molecular weight is 206 g/mol. The van der Waals surface area contributed by atoms with Crippen molar-refractivity contribution in [3.63, 3.8) is 0 Å². The number of nitrogens with one attached hydrogen (secondary N) is 1. The fourth-order valence-corrected chi connectivity index (χ4v) is 0.873. The Balaban J connectivity index is 2.73. The van der Waals surface area contributed by atoms with E-state index in [4.69, 9.17) is 5.73 Å². The Labute approximate surface area is 77.2 Å². The fraction of sp³-hybridized carbons (Fsp3) is 0.500. The molecule has 0 unspecified atom stereocenters. The molecule has 3 N–H and O–H groups in total. The highest BCUT2D eigenvalue weighted by Gasteiger charge is 2.29. The lowest BCUT2D eigenvalue weighted by molar-refractivity contribution is -0.389. The van der Waals surface area contributed by atoms with Crippen LogP contribution in [0, 0.1) is 10.1 Å². The van der Waals surface area contributed by atoms with Crippen molar-refractivity contribution in [1.82, 2.24) is 10.2 Å². The Kier molecular flexibility index (Phi) is 2.75. The first kappa shape index (κ1) is 10.5. The number of aromatic nitrogens is 2. The summed E-state index contributed by atoms with van der Waals surface area (Å²) >= 11 is 0. The first-order valence-corrected chi connectivity index (χ1v) is 3.71. The maximum atomic E-state index is 12.7. The third-order valence-electron chi connectivity index (χ3n) is 1.55. The van der Waals surface area contributed by atoms with Gasteiger partial charge in [0.25, 0.3) is 5.92 Å². The van der Waals surface area contributed by atoms with Gasteiger partial charge in [0, 0.05) is 0 Å². The number of halogens is 2. The predicted molar refractivity (Wildman–Crippen MR) is 42.9 cm³/mol. The molecule has 8 heteroatoms. The number of alkyl halides is 2. The molecule has 1 aromatic rings. The molecule has 0 aliphatic heterocycles. The molecule has 1 heterocycles. The minimum atomic E-state index is -3.08. The van der Waals surface area contributed by atoms with Gasteiger partial charge < -0.3 is 15.8 Å². The summed E-state index contributed by atoms with van der Waals surface area (Å²) in [6.07, 6.45) is -0.701. The van der Waals surface area contributed by atoms with Crippen LogP contribution in [0.2, 0.25) is 0 Å². The second-order valence-electron chi connectivity index (χ2n) is 2.74. The lowest BCUT2D eigenvalue weighted by Gasteiger charge is -2.10. The fourth-order valence-electron chi connectivity index (χ4n) is 0.873. The van der Waals surface area contributed by atoms with Gasteiger partial charge in [-0.3, -0.25) is 0 Å². The smallest absolute Gasteiger partial charge is 0.342 e. The Morgan fingerprint density at radius 1 is 1.71 bits per heavy atom. The summed E-state index contributed by atoms with van der Waals surface area (Å²) in [5, 5.41) is 15.6. The highest BCUT2D eigenvalue weighted by Crippen LogP contribution is 2.19. The molecular weight excluding hydrogens is 198 g/mol. The molecule has 0 radical (unpaired) electrons. The lowest BCUT2D eigenvalue weighted by atomic mass is 10.2. The summed E-state index contributed by atoms with van der Waals surface area (Å²) in [6.45, 7) is -0.812. The van der Waals surface area contributed by atoms with Gasteiger partial charge in [-0.2, -0.15) is 0 Å². The van der Waals surface area contributed by atoms with Crippen LogP contribution >= 0.6 is 0 Å². The van der Waals surface area contributed by atoms with Crippen LogP contribution in [-0.2, 0) is 6.42 Å². The van der Waals surface area contributed by atoms with E-state index >= 15 is 0 Å². The molecule has 0 saturated carbocycles. The van der Waals surface area contributed by atoms with Gasteiger partial charge in [0.05, 0.1) is 24.7 Å². The molecule has 0 amide bonds. The van der Waals surface area contributed by atoms with Crippen molar-refractivity contribution >= 4 is 5.82 Å². The van der Waals surface area contributed by atoms with Crippen LogP contribution in [0.3, 0.4) is 0 Å². The maximum Gasteiger partial charge on any atom is 0.342 e. The van der Waals surface area contributed by atoms with Gasteiger partial charge in [-0.1, -0.05) is 5.10 Å². The summed E-state index contributed by atoms with van der Waals surface area (Å²) in [5.41, 5.74) is 4.72. The minimum absolute atomic E-state index is 0.0767. The van der Waals surface area contributed by atoms with Crippen molar-refractivity contribution < 1.29 is 13.7 Å². The predicted octanol–water partition coefficient (Wildman–Crippen LogP) is 0.454. The number of hydrogen-bond acceptors (Lipinski definition) is 4. The van der Waals surface area contributed by atoms with Crippen molar-refractivity contribution in [2.45, 2.75) is 12.3 Å². The van der Waals surface area contributed by atoms with Crippen molar-refractivity contribution in [1.29, 1.82) is 0 Å². The molecule has 78 valence electrons. The summed E-state index contributed by atoms with van der Waals surface area (Å²) < 4.78 is 25.4. The van der Waals surface area contributed by atoms with Crippen molar-refractivity contribution in [2.24, 2.45) is 5.73 Å². The van der Waals surface area contributed by atoms with Gasteiger partial charge in [-0.25, -0.2) is 8.78 Å². The van der Waals surface area contributed by atoms with E-state index in [0.29, 0.717) is 0 Å². The number of nitro groups is 1. The molecule has 0 fully saturated rings. The van der Waals surface area contributed by atoms with E-state index in [-0.39, 0.29) is 5.69 Å². The van der Waals surface area contributed by atoms with E-state index in [9.17, 15) is 18.9 Å². The second kappa shape index (κ2) is 3.66. The largest absolute Gasteiger partial charge is 0.358 e. The molecule has 0 aliphatic carbocycles. The zero-order valence-electron chi connectivity index (χ0n) is 7.04. The SMILES string of the molecule is NCC(F)(F)Cc1cc([N+](=O)[O-])[nH]n1. The number of aromatic amines is 1. The molecule has 1 aromatic heterocycles. The highest BCUT2D eigenvalue weighted by molar-refractivity contribution is 5.21. The molecule has 1 rings (SSSR count). The number of hydrogen-bond donors (Lipinski definition) is 2. The monoisotopic (exact) mass is 206 g/mol. The van der Waals surface area contributed by atoms with Gasteiger partial charge in [-0.15, -0.1) is 5.10 Å². The Bertz CT molecular complexity index is 338. The van der Waals surface area contributed by atoms with Crippen molar-refractivity contribution in [3.8, 4) is 0 Å². The van der Waals surface area contributed by atoms with Gasteiger partial charge >= 0.3 is 5.82 Å². The van der Waals surface area contributed by atoms with Gasteiger partial charge in [-0.05, 0) is 4.92 Å². The molecule has 0 bridgehead atoms. The standard InChI is InChI=1S/C6H8F2N4O2/c7-6(8,3-9)2-4-1-5(11-10-4)12(13)14/h1H,2-3,9H2,(H,10,11). The Morgan fingerprint density at radius 2 is 2.36 bits per heavy atom. The van der Waals surface area contributed by atoms with Crippen LogP contribution < -0.4 is 5.73 Å². The first-order chi connectivity index (χ1) is 6.44. The molecule has 0 spiro atoms.